The number of rotatable bonds is 4. The van der Waals surface area contributed by atoms with Gasteiger partial charge in [0.2, 0.25) is 5.91 Å². The summed E-state index contributed by atoms with van der Waals surface area (Å²) in [4.78, 5) is 29.2. The summed E-state index contributed by atoms with van der Waals surface area (Å²) in [5.74, 6) is -0.613. The van der Waals surface area contributed by atoms with Crippen LogP contribution in [-0.4, -0.2) is 27.9 Å². The van der Waals surface area contributed by atoms with Gasteiger partial charge in [-0.15, -0.1) is 0 Å². The number of carbonyl (C=O) groups excluding carboxylic acids is 2. The van der Waals surface area contributed by atoms with E-state index in [0.717, 1.165) is 12.1 Å². The van der Waals surface area contributed by atoms with Crippen molar-refractivity contribution in [3.63, 3.8) is 0 Å². The second kappa shape index (κ2) is 7.40. The van der Waals surface area contributed by atoms with Crippen molar-refractivity contribution in [1.82, 2.24) is 9.55 Å². The molecule has 1 fully saturated rings. The van der Waals surface area contributed by atoms with Gasteiger partial charge in [0, 0.05) is 36.2 Å². The number of carbonyl (C=O) groups is 2. The fourth-order valence-electron chi connectivity index (χ4n) is 3.22. The Morgan fingerprint density at radius 2 is 1.75 bits per heavy atom. The number of amides is 2. The van der Waals surface area contributed by atoms with E-state index in [9.17, 15) is 14.0 Å². The Morgan fingerprint density at radius 3 is 2.39 bits per heavy atom. The molecule has 2 amide bonds. The molecule has 2 aromatic carbocycles. The first-order chi connectivity index (χ1) is 13.5. The van der Waals surface area contributed by atoms with Gasteiger partial charge in [0.15, 0.2) is 4.77 Å². The monoisotopic (exact) mass is 396 g/mol. The molecule has 2 heterocycles. The summed E-state index contributed by atoms with van der Waals surface area (Å²) in [5.41, 5.74) is 2.30. The highest BCUT2D eigenvalue weighted by molar-refractivity contribution is 7.71. The van der Waals surface area contributed by atoms with Crippen molar-refractivity contribution in [3.05, 3.63) is 71.0 Å². The number of hydrogen-bond donors (Lipinski definition) is 2. The Bertz CT molecular complexity index is 1090. The minimum Gasteiger partial charge on any atom is -0.336 e. The van der Waals surface area contributed by atoms with E-state index in [4.69, 9.17) is 12.2 Å². The smallest absolute Gasteiger partial charge is 0.274 e. The second-order valence-corrected chi connectivity index (χ2v) is 6.83. The van der Waals surface area contributed by atoms with E-state index < -0.39 is 0 Å². The summed E-state index contributed by atoms with van der Waals surface area (Å²) < 4.78 is 15.1. The quantitative estimate of drug-likeness (QED) is 0.654. The molecular formula is C20H17FN4O2S. The lowest BCUT2D eigenvalue weighted by molar-refractivity contribution is -0.117. The van der Waals surface area contributed by atoms with E-state index in [1.807, 2.05) is 12.1 Å². The van der Waals surface area contributed by atoms with Crippen LogP contribution in [0.3, 0.4) is 0 Å². The molecule has 6 nitrogen and oxygen atoms in total. The molecule has 0 radical (unpaired) electrons. The fourth-order valence-corrected chi connectivity index (χ4v) is 3.49. The highest BCUT2D eigenvalue weighted by Gasteiger charge is 2.21. The van der Waals surface area contributed by atoms with Gasteiger partial charge in [-0.05, 0) is 67.2 Å². The van der Waals surface area contributed by atoms with Crippen LogP contribution >= 0.6 is 12.2 Å². The summed E-state index contributed by atoms with van der Waals surface area (Å²) in [5, 5.41) is 2.82. The number of nitrogens with one attached hydrogen (secondary N) is 2. The molecule has 1 aliphatic heterocycles. The van der Waals surface area contributed by atoms with Gasteiger partial charge in [0.05, 0.1) is 0 Å². The van der Waals surface area contributed by atoms with Gasteiger partial charge >= 0.3 is 0 Å². The number of imidazole rings is 1. The van der Waals surface area contributed by atoms with Gasteiger partial charge in [-0.25, -0.2) is 4.39 Å². The van der Waals surface area contributed by atoms with Crippen LogP contribution in [0, 0.1) is 10.6 Å². The highest BCUT2D eigenvalue weighted by Crippen LogP contribution is 2.23. The van der Waals surface area contributed by atoms with Crippen molar-refractivity contribution >= 4 is 35.4 Å². The van der Waals surface area contributed by atoms with Crippen molar-refractivity contribution < 1.29 is 14.0 Å². The van der Waals surface area contributed by atoms with Gasteiger partial charge in [-0.1, -0.05) is 0 Å². The minimum absolute atomic E-state index is 0.113. The Balaban J connectivity index is 1.55. The van der Waals surface area contributed by atoms with Gasteiger partial charge < -0.3 is 15.2 Å². The SMILES string of the molecule is O=C(Nc1ccc(N2CCCC2=O)cc1)c1c[nH]c(=S)n1-c1ccc(F)cc1. The number of aromatic amines is 1. The molecule has 0 saturated carbocycles. The Hall–Kier alpha value is -3.26. The molecule has 1 aliphatic rings. The van der Waals surface area contributed by atoms with E-state index in [0.29, 0.717) is 34.8 Å². The second-order valence-electron chi connectivity index (χ2n) is 6.44. The average molecular weight is 396 g/mol. The van der Waals surface area contributed by atoms with Crippen molar-refractivity contribution in [2.75, 3.05) is 16.8 Å². The van der Waals surface area contributed by atoms with Crippen LogP contribution in [0.5, 0.6) is 0 Å². The molecule has 4 rings (SSSR count). The summed E-state index contributed by atoms with van der Waals surface area (Å²) in [6, 6.07) is 12.8. The van der Waals surface area contributed by atoms with Crippen molar-refractivity contribution in [1.29, 1.82) is 0 Å². The number of benzene rings is 2. The number of nitrogens with zero attached hydrogens (tertiary/aromatic N) is 2. The molecule has 0 aliphatic carbocycles. The number of H-pyrrole nitrogens is 1. The predicted molar refractivity (Wildman–Crippen MR) is 107 cm³/mol. The third-order valence-corrected chi connectivity index (χ3v) is 4.90. The first kappa shape index (κ1) is 18.1. The minimum atomic E-state index is -0.367. The molecule has 2 N–H and O–H groups in total. The summed E-state index contributed by atoms with van der Waals surface area (Å²) in [6.45, 7) is 0.715. The van der Waals surface area contributed by atoms with E-state index in [1.54, 1.807) is 33.7 Å². The van der Waals surface area contributed by atoms with Crippen LogP contribution in [-0.2, 0) is 4.79 Å². The number of aromatic nitrogens is 2. The topological polar surface area (TPSA) is 70.1 Å². The fraction of sp³-hybridized carbons (Fsp3) is 0.150. The van der Waals surface area contributed by atoms with Crippen LogP contribution in [0.1, 0.15) is 23.3 Å². The third-order valence-electron chi connectivity index (χ3n) is 4.60. The Morgan fingerprint density at radius 1 is 1.07 bits per heavy atom. The van der Waals surface area contributed by atoms with E-state index in [2.05, 4.69) is 10.3 Å². The maximum absolute atomic E-state index is 13.2. The molecule has 0 unspecified atom stereocenters. The van der Waals surface area contributed by atoms with E-state index in [1.165, 1.54) is 18.3 Å². The lowest BCUT2D eigenvalue weighted by Crippen LogP contribution is -2.23. The molecule has 0 spiro atoms. The number of halogens is 1. The first-order valence-corrected chi connectivity index (χ1v) is 9.22. The highest BCUT2D eigenvalue weighted by atomic mass is 32.1. The van der Waals surface area contributed by atoms with Crippen molar-refractivity contribution in [2.45, 2.75) is 12.8 Å². The van der Waals surface area contributed by atoms with Gasteiger partial charge in [-0.2, -0.15) is 0 Å². The lowest BCUT2D eigenvalue weighted by atomic mass is 10.2. The molecule has 28 heavy (non-hydrogen) atoms. The van der Waals surface area contributed by atoms with E-state index in [-0.39, 0.29) is 17.6 Å². The standard InChI is InChI=1S/C20H17FN4O2S/c21-13-3-7-16(8-4-13)25-17(12-22-20(25)28)19(27)23-14-5-9-15(10-6-14)24-11-1-2-18(24)26/h3-10,12H,1-2,11H2,(H,22,28)(H,23,27). The molecular weight excluding hydrogens is 379 g/mol. The number of hydrogen-bond acceptors (Lipinski definition) is 3. The van der Waals surface area contributed by atoms with Crippen LogP contribution in [0.4, 0.5) is 15.8 Å². The molecule has 142 valence electrons. The summed E-state index contributed by atoms with van der Waals surface area (Å²) >= 11 is 5.26. The molecule has 1 saturated heterocycles. The predicted octanol–water partition coefficient (Wildman–Crippen LogP) is 4.05. The molecule has 8 heteroatoms. The maximum atomic E-state index is 13.2. The van der Waals surface area contributed by atoms with Crippen LogP contribution in [0.25, 0.3) is 5.69 Å². The molecule has 3 aromatic rings. The van der Waals surface area contributed by atoms with Crippen LogP contribution in [0.2, 0.25) is 0 Å². The average Bonchev–Trinajstić information content (AvgIpc) is 3.29. The molecule has 1 aromatic heterocycles. The first-order valence-electron chi connectivity index (χ1n) is 8.81. The van der Waals surface area contributed by atoms with Crippen LogP contribution < -0.4 is 10.2 Å². The van der Waals surface area contributed by atoms with Crippen LogP contribution in [0.15, 0.2) is 54.7 Å². The zero-order chi connectivity index (χ0) is 19.7. The Labute approximate surface area is 165 Å². The normalized spacial score (nSPS) is 13.8. The van der Waals surface area contributed by atoms with Gasteiger partial charge in [0.1, 0.15) is 11.5 Å². The summed E-state index contributed by atoms with van der Waals surface area (Å²) in [7, 11) is 0. The van der Waals surface area contributed by atoms with Gasteiger partial charge in [-0.3, -0.25) is 14.2 Å². The largest absolute Gasteiger partial charge is 0.336 e. The van der Waals surface area contributed by atoms with Crippen molar-refractivity contribution in [2.24, 2.45) is 0 Å². The summed E-state index contributed by atoms with van der Waals surface area (Å²) in [6.07, 6.45) is 2.94. The lowest BCUT2D eigenvalue weighted by Gasteiger charge is -2.16. The number of anilines is 2. The van der Waals surface area contributed by atoms with Crippen molar-refractivity contribution in [3.8, 4) is 5.69 Å². The zero-order valence-corrected chi connectivity index (χ0v) is 15.6. The van der Waals surface area contributed by atoms with E-state index >= 15 is 0 Å². The Kier molecular flexibility index (Phi) is 4.79. The maximum Gasteiger partial charge on any atom is 0.274 e. The molecule has 0 bridgehead atoms. The zero-order valence-electron chi connectivity index (χ0n) is 14.8. The molecule has 0 atom stereocenters. The third kappa shape index (κ3) is 3.46. The van der Waals surface area contributed by atoms with Gasteiger partial charge in [0.25, 0.3) is 5.91 Å².